The van der Waals surface area contributed by atoms with Crippen molar-refractivity contribution in [1.82, 2.24) is 5.32 Å². The maximum Gasteiger partial charge on any atom is 0.00644 e. The fraction of sp³-hybridized carbons (Fsp3) is 1.00. The van der Waals surface area contributed by atoms with E-state index in [9.17, 15) is 0 Å². The zero-order chi connectivity index (χ0) is 12.1. The molecule has 0 aromatic heterocycles. The molecule has 1 unspecified atom stereocenters. The van der Waals surface area contributed by atoms with Crippen molar-refractivity contribution in [3.05, 3.63) is 0 Å². The molecule has 0 fully saturated rings. The van der Waals surface area contributed by atoms with Gasteiger partial charge in [0, 0.05) is 6.04 Å². The molecule has 0 rings (SSSR count). The highest BCUT2D eigenvalue weighted by atomic mass is 14.9. The van der Waals surface area contributed by atoms with Crippen LogP contribution in [0, 0.1) is 0 Å². The molecule has 1 atom stereocenters. The van der Waals surface area contributed by atoms with Crippen LogP contribution in [0.1, 0.15) is 85.0 Å². The van der Waals surface area contributed by atoms with Gasteiger partial charge in [-0.1, -0.05) is 65.7 Å². The first-order valence-electron chi connectivity index (χ1n) is 7.58. The van der Waals surface area contributed by atoms with Crippen LogP contribution in [0.25, 0.3) is 0 Å². The summed E-state index contributed by atoms with van der Waals surface area (Å²) >= 11 is 0. The lowest BCUT2D eigenvalue weighted by Gasteiger charge is -2.16. The molecular weight excluding hydrogens is 194 g/mol. The number of unbranched alkanes of at least 4 members (excludes halogenated alkanes) is 6. The van der Waals surface area contributed by atoms with Gasteiger partial charge in [-0.15, -0.1) is 0 Å². The van der Waals surface area contributed by atoms with E-state index in [4.69, 9.17) is 0 Å². The number of hydrogen-bond acceptors (Lipinski definition) is 1. The van der Waals surface area contributed by atoms with Gasteiger partial charge in [-0.25, -0.2) is 0 Å². The van der Waals surface area contributed by atoms with Crippen molar-refractivity contribution < 1.29 is 0 Å². The first kappa shape index (κ1) is 16.0. The SMILES string of the molecule is CCCCCCCCNC(CC)CCCC. The van der Waals surface area contributed by atoms with Crippen LogP contribution in [0.4, 0.5) is 0 Å². The first-order chi connectivity index (χ1) is 7.85. The van der Waals surface area contributed by atoms with Crippen LogP contribution in [0.3, 0.4) is 0 Å². The van der Waals surface area contributed by atoms with Gasteiger partial charge < -0.3 is 5.32 Å². The standard InChI is InChI=1S/C15H33N/c1-4-7-9-10-11-12-14-16-15(6-3)13-8-5-2/h15-16H,4-14H2,1-3H3. The van der Waals surface area contributed by atoms with E-state index >= 15 is 0 Å². The number of rotatable bonds is 12. The molecule has 0 aromatic rings. The first-order valence-corrected chi connectivity index (χ1v) is 7.58. The second kappa shape index (κ2) is 13.0. The van der Waals surface area contributed by atoms with E-state index in [-0.39, 0.29) is 0 Å². The molecular formula is C15H33N. The van der Waals surface area contributed by atoms with Crippen LogP contribution >= 0.6 is 0 Å². The molecule has 0 aliphatic heterocycles. The Labute approximate surface area is 103 Å². The van der Waals surface area contributed by atoms with E-state index in [0.717, 1.165) is 6.04 Å². The summed E-state index contributed by atoms with van der Waals surface area (Å²) in [6, 6.07) is 0.774. The Bertz CT molecular complexity index is 123. The highest BCUT2D eigenvalue weighted by molar-refractivity contribution is 4.64. The predicted molar refractivity (Wildman–Crippen MR) is 75.0 cm³/mol. The lowest BCUT2D eigenvalue weighted by atomic mass is 10.1. The van der Waals surface area contributed by atoms with Crippen LogP contribution in [-0.4, -0.2) is 12.6 Å². The molecule has 0 radical (unpaired) electrons. The third kappa shape index (κ3) is 10.5. The van der Waals surface area contributed by atoms with Gasteiger partial charge in [0.05, 0.1) is 0 Å². The summed E-state index contributed by atoms with van der Waals surface area (Å²) in [5.74, 6) is 0. The average Bonchev–Trinajstić information content (AvgIpc) is 2.32. The molecule has 16 heavy (non-hydrogen) atoms. The molecule has 0 amide bonds. The zero-order valence-corrected chi connectivity index (χ0v) is 11.9. The van der Waals surface area contributed by atoms with Crippen LogP contribution < -0.4 is 5.32 Å². The van der Waals surface area contributed by atoms with Crippen molar-refractivity contribution in [2.75, 3.05) is 6.54 Å². The van der Waals surface area contributed by atoms with Crippen molar-refractivity contribution >= 4 is 0 Å². The maximum atomic E-state index is 3.70. The highest BCUT2D eigenvalue weighted by Gasteiger charge is 2.03. The average molecular weight is 227 g/mol. The second-order valence-corrected chi connectivity index (χ2v) is 4.97. The van der Waals surface area contributed by atoms with Crippen molar-refractivity contribution in [3.63, 3.8) is 0 Å². The quantitative estimate of drug-likeness (QED) is 0.467. The molecule has 0 spiro atoms. The van der Waals surface area contributed by atoms with E-state index in [1.165, 1.54) is 70.8 Å². The Balaban J connectivity index is 3.20. The Kier molecular flexibility index (Phi) is 13.0. The van der Waals surface area contributed by atoms with Crippen LogP contribution in [0.5, 0.6) is 0 Å². The van der Waals surface area contributed by atoms with Gasteiger partial charge in [-0.3, -0.25) is 0 Å². The summed E-state index contributed by atoms with van der Waals surface area (Å²) in [4.78, 5) is 0. The lowest BCUT2D eigenvalue weighted by molar-refractivity contribution is 0.442. The molecule has 0 saturated heterocycles. The fourth-order valence-corrected chi connectivity index (χ4v) is 2.11. The molecule has 1 nitrogen and oxygen atoms in total. The summed E-state index contributed by atoms with van der Waals surface area (Å²) < 4.78 is 0. The maximum absolute atomic E-state index is 3.70. The topological polar surface area (TPSA) is 12.0 Å². The highest BCUT2D eigenvalue weighted by Crippen LogP contribution is 2.06. The van der Waals surface area contributed by atoms with Crippen LogP contribution in [0.15, 0.2) is 0 Å². The Morgan fingerprint density at radius 3 is 2.00 bits per heavy atom. The molecule has 0 aliphatic rings. The molecule has 0 saturated carbocycles. The van der Waals surface area contributed by atoms with E-state index in [1.807, 2.05) is 0 Å². The Hall–Kier alpha value is -0.0400. The van der Waals surface area contributed by atoms with Crippen molar-refractivity contribution in [3.8, 4) is 0 Å². The van der Waals surface area contributed by atoms with Gasteiger partial charge in [0.15, 0.2) is 0 Å². The molecule has 0 aliphatic carbocycles. The molecule has 1 heteroatoms. The smallest absolute Gasteiger partial charge is 0.00644 e. The summed E-state index contributed by atoms with van der Waals surface area (Å²) in [7, 11) is 0. The second-order valence-electron chi connectivity index (χ2n) is 4.97. The van der Waals surface area contributed by atoms with E-state index in [0.29, 0.717) is 0 Å². The minimum Gasteiger partial charge on any atom is -0.314 e. The fourth-order valence-electron chi connectivity index (χ4n) is 2.11. The van der Waals surface area contributed by atoms with E-state index in [1.54, 1.807) is 0 Å². The van der Waals surface area contributed by atoms with Gasteiger partial charge in [0.25, 0.3) is 0 Å². The summed E-state index contributed by atoms with van der Waals surface area (Å²) in [5, 5.41) is 3.70. The monoisotopic (exact) mass is 227 g/mol. The molecule has 0 bridgehead atoms. The van der Waals surface area contributed by atoms with Crippen LogP contribution in [0.2, 0.25) is 0 Å². The van der Waals surface area contributed by atoms with Crippen molar-refractivity contribution in [2.24, 2.45) is 0 Å². The zero-order valence-electron chi connectivity index (χ0n) is 11.9. The minimum absolute atomic E-state index is 0.774. The Morgan fingerprint density at radius 2 is 1.38 bits per heavy atom. The normalized spacial score (nSPS) is 12.9. The van der Waals surface area contributed by atoms with Gasteiger partial charge in [-0.05, 0) is 25.8 Å². The van der Waals surface area contributed by atoms with E-state index < -0.39 is 0 Å². The summed E-state index contributed by atoms with van der Waals surface area (Å²) in [5.41, 5.74) is 0. The summed E-state index contributed by atoms with van der Waals surface area (Å²) in [6.45, 7) is 8.09. The molecule has 0 heterocycles. The number of nitrogens with one attached hydrogen (secondary N) is 1. The summed E-state index contributed by atoms with van der Waals surface area (Å²) in [6.07, 6.45) is 13.8. The van der Waals surface area contributed by atoms with Gasteiger partial charge >= 0.3 is 0 Å². The Morgan fingerprint density at radius 1 is 0.750 bits per heavy atom. The van der Waals surface area contributed by atoms with Crippen molar-refractivity contribution in [2.45, 2.75) is 91.0 Å². The molecule has 0 aromatic carbocycles. The minimum atomic E-state index is 0.774. The molecule has 1 N–H and O–H groups in total. The molecule has 98 valence electrons. The number of hydrogen-bond donors (Lipinski definition) is 1. The van der Waals surface area contributed by atoms with Crippen molar-refractivity contribution in [1.29, 1.82) is 0 Å². The van der Waals surface area contributed by atoms with Gasteiger partial charge in [-0.2, -0.15) is 0 Å². The van der Waals surface area contributed by atoms with Gasteiger partial charge in [0.1, 0.15) is 0 Å². The third-order valence-corrected chi connectivity index (χ3v) is 3.36. The van der Waals surface area contributed by atoms with Gasteiger partial charge in [0.2, 0.25) is 0 Å². The lowest BCUT2D eigenvalue weighted by Crippen LogP contribution is -2.29. The third-order valence-electron chi connectivity index (χ3n) is 3.36. The van der Waals surface area contributed by atoms with E-state index in [2.05, 4.69) is 26.1 Å². The van der Waals surface area contributed by atoms with Crippen LogP contribution in [-0.2, 0) is 0 Å². The largest absolute Gasteiger partial charge is 0.314 e. The predicted octanol–water partition coefficient (Wildman–Crippen LogP) is 4.91.